The number of carbonyl (C=O) groups is 1. The lowest BCUT2D eigenvalue weighted by molar-refractivity contribution is -0.127. The zero-order valence-electron chi connectivity index (χ0n) is 12.1. The Hall–Kier alpha value is -1.26. The molecule has 1 aromatic carbocycles. The van der Waals surface area contributed by atoms with E-state index in [4.69, 9.17) is 22.1 Å². The summed E-state index contributed by atoms with van der Waals surface area (Å²) in [5, 5.41) is 3.42. The van der Waals surface area contributed by atoms with Crippen molar-refractivity contribution in [3.8, 4) is 5.75 Å². The summed E-state index contributed by atoms with van der Waals surface area (Å²) in [5.74, 6) is 0.445. The smallest absolute Gasteiger partial charge is 0.260 e. The van der Waals surface area contributed by atoms with Crippen LogP contribution < -0.4 is 15.8 Å². The number of nitrogens with two attached hydrogens (primary N) is 1. The van der Waals surface area contributed by atoms with Crippen molar-refractivity contribution in [3.05, 3.63) is 28.8 Å². The predicted octanol–water partition coefficient (Wildman–Crippen LogP) is 2.87. The number of amides is 1. The molecule has 4 nitrogen and oxygen atoms in total. The molecule has 0 saturated heterocycles. The van der Waals surface area contributed by atoms with Crippen LogP contribution in [0.4, 0.5) is 0 Å². The number of unbranched alkanes of at least 4 members (excludes halogenated alkanes) is 2. The Morgan fingerprint density at radius 3 is 2.85 bits per heavy atom. The van der Waals surface area contributed by atoms with E-state index in [0.29, 0.717) is 17.3 Å². The molecule has 1 amide bonds. The molecule has 0 fully saturated rings. The van der Waals surface area contributed by atoms with Gasteiger partial charge in [-0.15, -0.1) is 0 Å². The second-order valence-corrected chi connectivity index (χ2v) is 5.09. The minimum atomic E-state index is -0.569. The summed E-state index contributed by atoms with van der Waals surface area (Å²) in [5.41, 5.74) is 6.37. The first-order valence-electron chi connectivity index (χ1n) is 7.02. The number of hydrogen-bond acceptors (Lipinski definition) is 3. The van der Waals surface area contributed by atoms with Gasteiger partial charge in [0.15, 0.2) is 6.10 Å². The quantitative estimate of drug-likeness (QED) is 0.725. The number of carbonyl (C=O) groups excluding carboxylic acids is 1. The van der Waals surface area contributed by atoms with Crippen molar-refractivity contribution in [2.75, 3.05) is 6.54 Å². The van der Waals surface area contributed by atoms with Crippen LogP contribution in [0, 0.1) is 0 Å². The van der Waals surface area contributed by atoms with Gasteiger partial charge in [0.05, 0.1) is 0 Å². The summed E-state index contributed by atoms with van der Waals surface area (Å²) in [6.45, 7) is 4.80. The Kier molecular flexibility index (Phi) is 7.41. The van der Waals surface area contributed by atoms with Crippen LogP contribution in [0.15, 0.2) is 18.2 Å². The standard InChI is InChI=1S/C15H23ClN2O2/c1-3-4-5-9-18-15(19)11(2)20-14-8-6-7-13(16)12(14)10-17/h6-8,11H,3-5,9-10,17H2,1-2H3,(H,18,19). The van der Waals surface area contributed by atoms with Crippen molar-refractivity contribution in [1.82, 2.24) is 5.32 Å². The van der Waals surface area contributed by atoms with Gasteiger partial charge in [-0.2, -0.15) is 0 Å². The first kappa shape index (κ1) is 16.8. The molecule has 3 N–H and O–H groups in total. The van der Waals surface area contributed by atoms with Crippen molar-refractivity contribution < 1.29 is 9.53 Å². The molecule has 0 bridgehead atoms. The maximum absolute atomic E-state index is 11.9. The average molecular weight is 299 g/mol. The van der Waals surface area contributed by atoms with Crippen LogP contribution in [0.3, 0.4) is 0 Å². The number of hydrogen-bond donors (Lipinski definition) is 2. The summed E-state index contributed by atoms with van der Waals surface area (Å²) in [6.07, 6.45) is 2.66. The highest BCUT2D eigenvalue weighted by Gasteiger charge is 2.16. The molecule has 112 valence electrons. The maximum atomic E-state index is 11.9. The van der Waals surface area contributed by atoms with Gasteiger partial charge in [0.1, 0.15) is 5.75 Å². The molecule has 0 heterocycles. The van der Waals surface area contributed by atoms with Gasteiger partial charge >= 0.3 is 0 Å². The van der Waals surface area contributed by atoms with Crippen molar-refractivity contribution in [1.29, 1.82) is 0 Å². The Balaban J connectivity index is 2.55. The third kappa shape index (κ3) is 5.02. The number of halogens is 1. The van der Waals surface area contributed by atoms with Crippen LogP contribution >= 0.6 is 11.6 Å². The van der Waals surface area contributed by atoms with E-state index < -0.39 is 6.10 Å². The fourth-order valence-corrected chi connectivity index (χ4v) is 2.06. The van der Waals surface area contributed by atoms with E-state index in [-0.39, 0.29) is 12.5 Å². The molecule has 0 aromatic heterocycles. The maximum Gasteiger partial charge on any atom is 0.260 e. The molecular weight excluding hydrogens is 276 g/mol. The van der Waals surface area contributed by atoms with Gasteiger partial charge < -0.3 is 15.8 Å². The lowest BCUT2D eigenvalue weighted by atomic mass is 10.2. The minimum absolute atomic E-state index is 0.121. The summed E-state index contributed by atoms with van der Waals surface area (Å²) in [6, 6.07) is 5.31. The lowest BCUT2D eigenvalue weighted by Crippen LogP contribution is -2.37. The summed E-state index contributed by atoms with van der Waals surface area (Å²) in [7, 11) is 0. The highest BCUT2D eigenvalue weighted by molar-refractivity contribution is 6.31. The zero-order chi connectivity index (χ0) is 15.0. The summed E-state index contributed by atoms with van der Waals surface area (Å²) < 4.78 is 5.66. The lowest BCUT2D eigenvalue weighted by Gasteiger charge is -2.17. The molecular formula is C15H23ClN2O2. The molecule has 5 heteroatoms. The number of rotatable bonds is 8. The van der Waals surface area contributed by atoms with E-state index in [1.165, 1.54) is 0 Å². The molecule has 0 spiro atoms. The van der Waals surface area contributed by atoms with Gasteiger partial charge in [-0.3, -0.25) is 4.79 Å². The highest BCUT2D eigenvalue weighted by atomic mass is 35.5. The van der Waals surface area contributed by atoms with Gasteiger partial charge in [-0.1, -0.05) is 37.4 Å². The van der Waals surface area contributed by atoms with E-state index in [2.05, 4.69) is 12.2 Å². The molecule has 0 saturated carbocycles. The first-order valence-corrected chi connectivity index (χ1v) is 7.39. The van der Waals surface area contributed by atoms with Crippen LogP contribution in [0.1, 0.15) is 38.7 Å². The van der Waals surface area contributed by atoms with Crippen LogP contribution in [0.25, 0.3) is 0 Å². The molecule has 0 aliphatic heterocycles. The fraction of sp³-hybridized carbons (Fsp3) is 0.533. The van der Waals surface area contributed by atoms with E-state index >= 15 is 0 Å². The van der Waals surface area contributed by atoms with Crippen molar-refractivity contribution in [3.63, 3.8) is 0 Å². The largest absolute Gasteiger partial charge is 0.481 e. The van der Waals surface area contributed by atoms with Crippen LogP contribution in [0.5, 0.6) is 5.75 Å². The second kappa shape index (κ2) is 8.82. The molecule has 1 aromatic rings. The molecule has 20 heavy (non-hydrogen) atoms. The van der Waals surface area contributed by atoms with E-state index in [0.717, 1.165) is 24.8 Å². The average Bonchev–Trinajstić information content (AvgIpc) is 2.43. The molecule has 1 atom stereocenters. The van der Waals surface area contributed by atoms with Gasteiger partial charge in [0.2, 0.25) is 0 Å². The van der Waals surface area contributed by atoms with E-state index in [1.807, 2.05) is 0 Å². The molecule has 0 aliphatic carbocycles. The van der Waals surface area contributed by atoms with Crippen LogP contribution in [-0.4, -0.2) is 18.6 Å². The molecule has 1 unspecified atom stereocenters. The zero-order valence-corrected chi connectivity index (χ0v) is 12.9. The second-order valence-electron chi connectivity index (χ2n) is 4.68. The Morgan fingerprint density at radius 2 is 2.20 bits per heavy atom. The predicted molar refractivity (Wildman–Crippen MR) is 82.0 cm³/mol. The Bertz CT molecular complexity index is 438. The Morgan fingerprint density at radius 1 is 1.45 bits per heavy atom. The number of benzene rings is 1. The van der Waals surface area contributed by atoms with Crippen molar-refractivity contribution >= 4 is 17.5 Å². The van der Waals surface area contributed by atoms with Gasteiger partial charge in [-0.25, -0.2) is 0 Å². The van der Waals surface area contributed by atoms with Crippen molar-refractivity contribution in [2.24, 2.45) is 5.73 Å². The van der Waals surface area contributed by atoms with Crippen molar-refractivity contribution in [2.45, 2.75) is 45.8 Å². The number of nitrogens with one attached hydrogen (secondary N) is 1. The normalized spacial score (nSPS) is 12.0. The van der Waals surface area contributed by atoms with E-state index in [1.54, 1.807) is 25.1 Å². The minimum Gasteiger partial charge on any atom is -0.481 e. The SMILES string of the molecule is CCCCCNC(=O)C(C)Oc1cccc(Cl)c1CN. The summed E-state index contributed by atoms with van der Waals surface area (Å²) in [4.78, 5) is 11.9. The summed E-state index contributed by atoms with van der Waals surface area (Å²) >= 11 is 6.05. The van der Waals surface area contributed by atoms with Crippen LogP contribution in [0.2, 0.25) is 5.02 Å². The number of ether oxygens (including phenoxy) is 1. The molecule has 1 rings (SSSR count). The van der Waals surface area contributed by atoms with Gasteiger partial charge in [-0.05, 0) is 25.5 Å². The highest BCUT2D eigenvalue weighted by Crippen LogP contribution is 2.26. The molecule has 0 radical (unpaired) electrons. The fourth-order valence-electron chi connectivity index (χ4n) is 1.82. The van der Waals surface area contributed by atoms with Gasteiger partial charge in [0, 0.05) is 23.7 Å². The molecule has 0 aliphatic rings. The third-order valence-electron chi connectivity index (χ3n) is 3.03. The topological polar surface area (TPSA) is 64.3 Å². The van der Waals surface area contributed by atoms with Crippen LogP contribution in [-0.2, 0) is 11.3 Å². The first-order chi connectivity index (χ1) is 9.60. The Labute approximate surface area is 125 Å². The third-order valence-corrected chi connectivity index (χ3v) is 3.39. The van der Waals surface area contributed by atoms with E-state index in [9.17, 15) is 4.79 Å². The monoisotopic (exact) mass is 298 g/mol. The van der Waals surface area contributed by atoms with Gasteiger partial charge in [0.25, 0.3) is 5.91 Å².